The first-order valence-electron chi connectivity index (χ1n) is 8.51. The van der Waals surface area contributed by atoms with Gasteiger partial charge in [0.25, 0.3) is 0 Å². The van der Waals surface area contributed by atoms with E-state index in [1.807, 2.05) is 13.0 Å². The van der Waals surface area contributed by atoms with E-state index in [4.69, 9.17) is 11.6 Å². The minimum absolute atomic E-state index is 0.267. The van der Waals surface area contributed by atoms with Crippen molar-refractivity contribution in [2.45, 2.75) is 26.2 Å². The molecule has 2 N–H and O–H groups in total. The number of carbonyl (C=O) groups is 2. The SMILES string of the molecule is Cc1ccc(Cl)cc1NC(=O)C1(C(=O)NCCc2ccc(F)cc2)CC1. The summed E-state index contributed by atoms with van der Waals surface area (Å²) in [4.78, 5) is 25.1. The molecule has 26 heavy (non-hydrogen) atoms. The van der Waals surface area contributed by atoms with Crippen molar-refractivity contribution in [3.63, 3.8) is 0 Å². The van der Waals surface area contributed by atoms with E-state index in [1.54, 1.807) is 24.3 Å². The van der Waals surface area contributed by atoms with Crippen LogP contribution in [0.1, 0.15) is 24.0 Å². The van der Waals surface area contributed by atoms with Gasteiger partial charge in [-0.1, -0.05) is 29.8 Å². The van der Waals surface area contributed by atoms with Crippen LogP contribution in [0.3, 0.4) is 0 Å². The number of amides is 2. The summed E-state index contributed by atoms with van der Waals surface area (Å²) >= 11 is 5.98. The van der Waals surface area contributed by atoms with Gasteiger partial charge in [0.2, 0.25) is 11.8 Å². The predicted molar refractivity (Wildman–Crippen MR) is 99.6 cm³/mol. The van der Waals surface area contributed by atoms with E-state index in [1.165, 1.54) is 12.1 Å². The van der Waals surface area contributed by atoms with E-state index < -0.39 is 5.41 Å². The molecule has 6 heteroatoms. The average molecular weight is 375 g/mol. The van der Waals surface area contributed by atoms with Crippen LogP contribution in [-0.2, 0) is 16.0 Å². The first-order valence-corrected chi connectivity index (χ1v) is 8.89. The van der Waals surface area contributed by atoms with Crippen molar-refractivity contribution in [2.75, 3.05) is 11.9 Å². The quantitative estimate of drug-likeness (QED) is 0.754. The highest BCUT2D eigenvalue weighted by atomic mass is 35.5. The number of benzene rings is 2. The van der Waals surface area contributed by atoms with Crippen molar-refractivity contribution in [1.29, 1.82) is 0 Å². The number of carbonyl (C=O) groups excluding carboxylic acids is 2. The Hall–Kier alpha value is -2.40. The lowest BCUT2D eigenvalue weighted by Crippen LogP contribution is -2.40. The molecule has 2 aromatic carbocycles. The first-order chi connectivity index (χ1) is 12.4. The molecule has 0 radical (unpaired) electrons. The van der Waals surface area contributed by atoms with Crippen LogP contribution in [0, 0.1) is 18.2 Å². The summed E-state index contributed by atoms with van der Waals surface area (Å²) in [5, 5.41) is 6.17. The number of nitrogens with one attached hydrogen (secondary N) is 2. The van der Waals surface area contributed by atoms with Gasteiger partial charge >= 0.3 is 0 Å². The van der Waals surface area contributed by atoms with Crippen molar-refractivity contribution < 1.29 is 14.0 Å². The van der Waals surface area contributed by atoms with Gasteiger partial charge < -0.3 is 10.6 Å². The van der Waals surface area contributed by atoms with Crippen molar-refractivity contribution in [2.24, 2.45) is 5.41 Å². The Morgan fingerprint density at radius 3 is 2.46 bits per heavy atom. The number of anilines is 1. The summed E-state index contributed by atoms with van der Waals surface area (Å²) in [6, 6.07) is 11.4. The maximum Gasteiger partial charge on any atom is 0.240 e. The molecule has 0 unspecified atom stereocenters. The number of hydrogen-bond acceptors (Lipinski definition) is 2. The van der Waals surface area contributed by atoms with Gasteiger partial charge in [-0.15, -0.1) is 0 Å². The van der Waals surface area contributed by atoms with Crippen molar-refractivity contribution in [1.82, 2.24) is 5.32 Å². The molecule has 1 aliphatic carbocycles. The molecule has 0 spiro atoms. The summed E-state index contributed by atoms with van der Waals surface area (Å²) in [5.74, 6) is -0.860. The second-order valence-corrected chi connectivity index (χ2v) is 7.06. The number of rotatable bonds is 6. The maximum atomic E-state index is 12.9. The summed E-state index contributed by atoms with van der Waals surface area (Å²) < 4.78 is 12.9. The number of halogens is 2. The fourth-order valence-electron chi connectivity index (χ4n) is 2.79. The van der Waals surface area contributed by atoms with Crippen LogP contribution in [0.4, 0.5) is 10.1 Å². The van der Waals surface area contributed by atoms with Gasteiger partial charge in [-0.05, 0) is 61.6 Å². The lowest BCUT2D eigenvalue weighted by atomic mass is 10.0. The topological polar surface area (TPSA) is 58.2 Å². The van der Waals surface area contributed by atoms with Gasteiger partial charge in [-0.3, -0.25) is 9.59 Å². The van der Waals surface area contributed by atoms with Crippen LogP contribution in [0.5, 0.6) is 0 Å². The minimum Gasteiger partial charge on any atom is -0.355 e. The lowest BCUT2D eigenvalue weighted by Gasteiger charge is -2.16. The molecule has 0 heterocycles. The van der Waals surface area contributed by atoms with Crippen LogP contribution in [0.2, 0.25) is 5.02 Å². The van der Waals surface area contributed by atoms with Crippen molar-refractivity contribution >= 4 is 29.1 Å². The highest BCUT2D eigenvalue weighted by Gasteiger charge is 2.56. The summed E-state index contributed by atoms with van der Waals surface area (Å²) in [7, 11) is 0. The van der Waals surface area contributed by atoms with E-state index in [-0.39, 0.29) is 17.6 Å². The van der Waals surface area contributed by atoms with Gasteiger partial charge in [-0.2, -0.15) is 0 Å². The summed E-state index contributed by atoms with van der Waals surface area (Å²) in [6.45, 7) is 2.27. The third kappa shape index (κ3) is 4.05. The summed E-state index contributed by atoms with van der Waals surface area (Å²) in [6.07, 6.45) is 1.64. The minimum atomic E-state index is -1.00. The molecule has 2 aromatic rings. The van der Waals surface area contributed by atoms with E-state index in [2.05, 4.69) is 10.6 Å². The molecule has 1 saturated carbocycles. The van der Waals surface area contributed by atoms with E-state index in [9.17, 15) is 14.0 Å². The predicted octanol–water partition coefficient (Wildman–Crippen LogP) is 3.87. The largest absolute Gasteiger partial charge is 0.355 e. The Morgan fingerprint density at radius 2 is 1.81 bits per heavy atom. The van der Waals surface area contributed by atoms with Crippen LogP contribution in [-0.4, -0.2) is 18.4 Å². The third-order valence-electron chi connectivity index (χ3n) is 4.68. The van der Waals surface area contributed by atoms with Gasteiger partial charge in [0.15, 0.2) is 0 Å². The zero-order valence-electron chi connectivity index (χ0n) is 14.4. The van der Waals surface area contributed by atoms with Gasteiger partial charge in [0.05, 0.1) is 0 Å². The fourth-order valence-corrected chi connectivity index (χ4v) is 2.97. The molecular weight excluding hydrogens is 355 g/mol. The Morgan fingerprint density at radius 1 is 1.12 bits per heavy atom. The number of aryl methyl sites for hydroxylation is 1. The molecule has 2 amide bonds. The smallest absolute Gasteiger partial charge is 0.240 e. The first kappa shape index (κ1) is 18.4. The van der Waals surface area contributed by atoms with E-state index >= 15 is 0 Å². The van der Waals surface area contributed by atoms with Gasteiger partial charge in [-0.25, -0.2) is 4.39 Å². The monoisotopic (exact) mass is 374 g/mol. The van der Waals surface area contributed by atoms with Crippen LogP contribution >= 0.6 is 11.6 Å². The molecule has 1 aliphatic rings. The van der Waals surface area contributed by atoms with Crippen LogP contribution in [0.25, 0.3) is 0 Å². The molecule has 0 saturated heterocycles. The Bertz CT molecular complexity index is 832. The van der Waals surface area contributed by atoms with E-state index in [0.29, 0.717) is 36.5 Å². The normalized spacial score (nSPS) is 14.6. The maximum absolute atomic E-state index is 12.9. The highest BCUT2D eigenvalue weighted by molar-refractivity contribution is 6.31. The Balaban J connectivity index is 1.57. The zero-order chi connectivity index (χ0) is 18.7. The van der Waals surface area contributed by atoms with Crippen molar-refractivity contribution in [3.8, 4) is 0 Å². The molecular formula is C20H20ClFN2O2. The standard InChI is InChI=1S/C20H20ClFN2O2/c1-13-2-5-15(21)12-17(13)24-19(26)20(9-10-20)18(25)23-11-8-14-3-6-16(22)7-4-14/h2-7,12H,8-11H2,1H3,(H,23,25)(H,24,26). The number of hydrogen-bond donors (Lipinski definition) is 2. The molecule has 1 fully saturated rings. The highest BCUT2D eigenvalue weighted by Crippen LogP contribution is 2.47. The molecule has 0 aromatic heterocycles. The Labute approximate surface area is 156 Å². The van der Waals surface area contributed by atoms with Gasteiger partial charge in [0, 0.05) is 17.3 Å². The molecule has 136 valence electrons. The molecule has 4 nitrogen and oxygen atoms in total. The second kappa shape index (κ2) is 7.46. The van der Waals surface area contributed by atoms with Gasteiger partial charge in [0.1, 0.15) is 11.2 Å². The van der Waals surface area contributed by atoms with Crippen molar-refractivity contribution in [3.05, 3.63) is 64.4 Å². The molecule has 0 bridgehead atoms. The fraction of sp³-hybridized carbons (Fsp3) is 0.300. The average Bonchev–Trinajstić information content (AvgIpc) is 3.42. The van der Waals surface area contributed by atoms with E-state index in [0.717, 1.165) is 11.1 Å². The lowest BCUT2D eigenvalue weighted by molar-refractivity contribution is -0.134. The zero-order valence-corrected chi connectivity index (χ0v) is 15.2. The molecule has 0 atom stereocenters. The Kier molecular flexibility index (Phi) is 5.28. The molecule has 3 rings (SSSR count). The van der Waals surface area contributed by atoms with Crippen LogP contribution in [0.15, 0.2) is 42.5 Å². The second-order valence-electron chi connectivity index (χ2n) is 6.63. The molecule has 0 aliphatic heterocycles. The van der Waals surface area contributed by atoms with Crippen LogP contribution < -0.4 is 10.6 Å². The summed E-state index contributed by atoms with van der Waals surface area (Å²) in [5.41, 5.74) is 1.43. The third-order valence-corrected chi connectivity index (χ3v) is 4.91.